The minimum Gasteiger partial charge on any atom is -0.462 e. The molecule has 0 aromatic carbocycles. The van der Waals surface area contributed by atoms with Crippen molar-refractivity contribution in [1.29, 1.82) is 0 Å². The summed E-state index contributed by atoms with van der Waals surface area (Å²) in [7, 11) is -9.88. The van der Waals surface area contributed by atoms with Gasteiger partial charge in [-0.2, -0.15) is 0 Å². The van der Waals surface area contributed by atoms with Gasteiger partial charge < -0.3 is 33.8 Å². The molecule has 0 spiro atoms. The van der Waals surface area contributed by atoms with E-state index in [0.29, 0.717) is 25.7 Å². The third kappa shape index (κ3) is 58.8. The number of hydrogen-bond donors (Lipinski definition) is 3. The normalized spacial score (nSPS) is 14.2. The number of carbonyl (C=O) groups excluding carboxylic acids is 4. The van der Waals surface area contributed by atoms with E-state index in [0.717, 1.165) is 103 Å². The van der Waals surface area contributed by atoms with Gasteiger partial charge in [-0.05, 0) is 25.7 Å². The molecule has 19 heteroatoms. The molecule has 0 heterocycles. The van der Waals surface area contributed by atoms with Gasteiger partial charge in [0.05, 0.1) is 26.4 Å². The number of aliphatic hydroxyl groups is 1. The average Bonchev–Trinajstić information content (AvgIpc) is 3.49. The van der Waals surface area contributed by atoms with Gasteiger partial charge in [0.2, 0.25) is 0 Å². The molecule has 2 unspecified atom stereocenters. The molecule has 0 aliphatic heterocycles. The summed E-state index contributed by atoms with van der Waals surface area (Å²) in [6.45, 7) is 4.86. The molecular formula is C64H124O17P2. The van der Waals surface area contributed by atoms with E-state index >= 15 is 0 Å². The molecule has 0 amide bonds. The summed E-state index contributed by atoms with van der Waals surface area (Å²) >= 11 is 0. The monoisotopic (exact) mass is 1230 g/mol. The van der Waals surface area contributed by atoms with Gasteiger partial charge in [0, 0.05) is 25.7 Å². The zero-order valence-electron chi connectivity index (χ0n) is 53.2. The topological polar surface area (TPSA) is 237 Å². The summed E-state index contributed by atoms with van der Waals surface area (Å²) in [4.78, 5) is 72.1. The third-order valence-corrected chi connectivity index (χ3v) is 16.8. The molecule has 0 aliphatic carbocycles. The molecule has 5 atom stereocenters. The minimum atomic E-state index is -4.94. The number of ether oxygens (including phenoxy) is 4. The Morgan fingerprint density at radius 2 is 0.482 bits per heavy atom. The smallest absolute Gasteiger partial charge is 0.462 e. The van der Waals surface area contributed by atoms with Crippen molar-refractivity contribution < 1.29 is 80.2 Å². The van der Waals surface area contributed by atoms with Crippen LogP contribution in [-0.2, 0) is 65.4 Å². The van der Waals surface area contributed by atoms with Crippen molar-refractivity contribution in [3.63, 3.8) is 0 Å². The molecule has 0 saturated carbocycles. The molecule has 0 radical (unpaired) electrons. The molecule has 0 rings (SSSR count). The highest BCUT2D eigenvalue weighted by Gasteiger charge is 2.30. The Kier molecular flexibility index (Phi) is 57.7. The van der Waals surface area contributed by atoms with E-state index in [9.17, 15) is 43.2 Å². The first-order valence-electron chi connectivity index (χ1n) is 33.8. The number of hydrogen-bond acceptors (Lipinski definition) is 15. The molecule has 0 saturated heterocycles. The van der Waals surface area contributed by atoms with Gasteiger partial charge in [-0.25, -0.2) is 9.13 Å². The lowest BCUT2D eigenvalue weighted by molar-refractivity contribution is -0.161. The maximum absolute atomic E-state index is 13.0. The van der Waals surface area contributed by atoms with E-state index in [4.69, 9.17) is 37.0 Å². The molecule has 0 aromatic heterocycles. The molecule has 492 valence electrons. The van der Waals surface area contributed by atoms with Crippen LogP contribution in [-0.4, -0.2) is 96.7 Å². The highest BCUT2D eigenvalue weighted by molar-refractivity contribution is 7.47. The number of phosphoric ester groups is 2. The Labute approximate surface area is 505 Å². The number of unbranched alkanes of at least 4 members (excludes halogenated alkanes) is 39. The highest BCUT2D eigenvalue weighted by Crippen LogP contribution is 2.45. The Bertz CT molecular complexity index is 1600. The number of phosphoric acid groups is 2. The summed E-state index contributed by atoms with van der Waals surface area (Å²) in [5, 5.41) is 10.5. The largest absolute Gasteiger partial charge is 0.472 e. The Hall–Kier alpha value is -1.94. The second-order valence-corrected chi connectivity index (χ2v) is 26.1. The third-order valence-electron chi connectivity index (χ3n) is 14.9. The zero-order valence-corrected chi connectivity index (χ0v) is 54.9. The lowest BCUT2D eigenvalue weighted by Crippen LogP contribution is -2.30. The van der Waals surface area contributed by atoms with E-state index in [1.807, 2.05) is 0 Å². The SMILES string of the molecule is CCCCCCCCCCCCCCCC(=O)OC[C@H](COP(=O)(O)OC[C@@H](O)COP(=O)(O)OC[C@@H](COC(=O)CCCCCCCCC)OC(=O)CCCCCCCCCCCC)OC(=O)CCCCCCCCCCCCCCC. The summed E-state index contributed by atoms with van der Waals surface area (Å²) in [5.74, 6) is -2.13. The Morgan fingerprint density at radius 1 is 0.289 bits per heavy atom. The van der Waals surface area contributed by atoms with E-state index in [-0.39, 0.29) is 25.7 Å². The second-order valence-electron chi connectivity index (χ2n) is 23.2. The van der Waals surface area contributed by atoms with Gasteiger partial charge in [-0.3, -0.25) is 37.3 Å². The predicted molar refractivity (Wildman–Crippen MR) is 331 cm³/mol. The molecule has 0 bridgehead atoms. The summed E-state index contributed by atoms with van der Waals surface area (Å²) in [6.07, 6.45) is 44.4. The summed E-state index contributed by atoms with van der Waals surface area (Å²) < 4.78 is 67.9. The second kappa shape index (κ2) is 59.0. The van der Waals surface area contributed by atoms with Gasteiger partial charge in [-0.15, -0.1) is 0 Å². The zero-order chi connectivity index (χ0) is 61.2. The number of rotatable bonds is 65. The Morgan fingerprint density at radius 3 is 0.711 bits per heavy atom. The fourth-order valence-electron chi connectivity index (χ4n) is 9.63. The fraction of sp³-hybridized carbons (Fsp3) is 0.938. The van der Waals surface area contributed by atoms with E-state index in [1.165, 1.54) is 148 Å². The number of carbonyl (C=O) groups is 4. The van der Waals surface area contributed by atoms with Crippen LogP contribution in [0, 0.1) is 0 Å². The van der Waals surface area contributed by atoms with Crippen LogP contribution >= 0.6 is 15.6 Å². The van der Waals surface area contributed by atoms with Crippen molar-refractivity contribution in [2.75, 3.05) is 39.6 Å². The lowest BCUT2D eigenvalue weighted by atomic mass is 10.0. The van der Waals surface area contributed by atoms with Gasteiger partial charge in [0.25, 0.3) is 0 Å². The summed E-state index contributed by atoms with van der Waals surface area (Å²) in [6, 6.07) is 0. The maximum Gasteiger partial charge on any atom is 0.472 e. The maximum atomic E-state index is 13.0. The van der Waals surface area contributed by atoms with Crippen molar-refractivity contribution in [1.82, 2.24) is 0 Å². The molecule has 0 aliphatic rings. The standard InChI is InChI=1S/C64H124O17P2/c1-5-9-13-17-21-24-27-29-31-34-37-41-45-49-62(67)75-55-60(81-64(69)51-47-43-39-35-32-30-28-25-22-18-14-10-6-2)57-79-83(72,73)77-53-58(65)52-76-82(70,71)78-56-59(54-74-61(66)48-44-40-36-20-16-12-8-4)80-63(68)50-46-42-38-33-26-23-19-15-11-7-3/h58-60,65H,5-57H2,1-4H3,(H,70,71)(H,72,73)/t58-,59+,60+/m0/s1. The van der Waals surface area contributed by atoms with Crippen LogP contribution in [0.5, 0.6) is 0 Å². The van der Waals surface area contributed by atoms with Crippen LogP contribution in [0.4, 0.5) is 0 Å². The van der Waals surface area contributed by atoms with Crippen molar-refractivity contribution in [2.45, 2.75) is 348 Å². The number of esters is 4. The molecule has 17 nitrogen and oxygen atoms in total. The molecular weight excluding hydrogens is 1100 g/mol. The summed E-state index contributed by atoms with van der Waals surface area (Å²) in [5.41, 5.74) is 0. The van der Waals surface area contributed by atoms with E-state index in [2.05, 4.69) is 27.7 Å². The van der Waals surface area contributed by atoms with Gasteiger partial charge in [0.15, 0.2) is 12.2 Å². The lowest BCUT2D eigenvalue weighted by Gasteiger charge is -2.21. The highest BCUT2D eigenvalue weighted by atomic mass is 31.2. The van der Waals surface area contributed by atoms with Crippen LogP contribution in [0.25, 0.3) is 0 Å². The van der Waals surface area contributed by atoms with E-state index < -0.39 is 97.5 Å². The minimum absolute atomic E-state index is 0.106. The number of aliphatic hydroxyl groups excluding tert-OH is 1. The van der Waals surface area contributed by atoms with Gasteiger partial charge in [0.1, 0.15) is 19.3 Å². The van der Waals surface area contributed by atoms with Crippen LogP contribution in [0.2, 0.25) is 0 Å². The predicted octanol–water partition coefficient (Wildman–Crippen LogP) is 17.9. The van der Waals surface area contributed by atoms with Crippen molar-refractivity contribution in [3.8, 4) is 0 Å². The van der Waals surface area contributed by atoms with Crippen LogP contribution in [0.15, 0.2) is 0 Å². The molecule has 83 heavy (non-hydrogen) atoms. The van der Waals surface area contributed by atoms with Crippen LogP contribution < -0.4 is 0 Å². The average molecular weight is 1230 g/mol. The first-order valence-corrected chi connectivity index (χ1v) is 36.8. The van der Waals surface area contributed by atoms with Gasteiger partial charge >= 0.3 is 39.5 Å². The van der Waals surface area contributed by atoms with Crippen molar-refractivity contribution >= 4 is 39.5 Å². The molecule has 0 fully saturated rings. The Balaban J connectivity index is 5.21. The van der Waals surface area contributed by atoms with Crippen LogP contribution in [0.1, 0.15) is 329 Å². The quantitative estimate of drug-likeness (QED) is 0.0222. The van der Waals surface area contributed by atoms with Crippen LogP contribution in [0.3, 0.4) is 0 Å². The van der Waals surface area contributed by atoms with Crippen molar-refractivity contribution in [2.24, 2.45) is 0 Å². The van der Waals surface area contributed by atoms with E-state index in [1.54, 1.807) is 0 Å². The van der Waals surface area contributed by atoms with Crippen molar-refractivity contribution in [3.05, 3.63) is 0 Å². The molecule has 3 N–H and O–H groups in total. The molecule has 0 aromatic rings. The first-order chi connectivity index (χ1) is 40.2. The fourth-order valence-corrected chi connectivity index (χ4v) is 11.2. The first kappa shape index (κ1) is 81.1. The van der Waals surface area contributed by atoms with Gasteiger partial charge in [-0.1, -0.05) is 278 Å².